The highest BCUT2D eigenvalue weighted by Crippen LogP contribution is 2.23. The maximum absolute atomic E-state index is 12.0. The van der Waals surface area contributed by atoms with Crippen molar-refractivity contribution >= 4 is 27.5 Å². The van der Waals surface area contributed by atoms with Crippen LogP contribution in [0.3, 0.4) is 0 Å². The van der Waals surface area contributed by atoms with E-state index in [0.29, 0.717) is 22.1 Å². The predicted octanol–water partition coefficient (Wildman–Crippen LogP) is 2.31. The van der Waals surface area contributed by atoms with Crippen molar-refractivity contribution in [3.05, 3.63) is 28.2 Å². The molecule has 0 aliphatic heterocycles. The van der Waals surface area contributed by atoms with Crippen molar-refractivity contribution < 1.29 is 9.90 Å². The number of nitrogens with two attached hydrogens (primary N) is 1. The summed E-state index contributed by atoms with van der Waals surface area (Å²) in [5.74, 6) is -0.245. The molecule has 0 aromatic heterocycles. The molecule has 0 fully saturated rings. The van der Waals surface area contributed by atoms with Gasteiger partial charge in [0, 0.05) is 12.2 Å². The average Bonchev–Trinajstić information content (AvgIpc) is 2.30. The van der Waals surface area contributed by atoms with Gasteiger partial charge in [-0.3, -0.25) is 4.79 Å². The second-order valence-corrected chi connectivity index (χ2v) is 5.43. The Bertz CT molecular complexity index is 433. The minimum absolute atomic E-state index is 0.223. The molecule has 0 aliphatic carbocycles. The maximum Gasteiger partial charge on any atom is 0.252 e. The average molecular weight is 315 g/mol. The van der Waals surface area contributed by atoms with Crippen LogP contribution in [0.2, 0.25) is 0 Å². The monoisotopic (exact) mass is 314 g/mol. The molecule has 4 N–H and O–H groups in total. The smallest absolute Gasteiger partial charge is 0.252 e. The molecule has 1 aromatic carbocycles. The van der Waals surface area contributed by atoms with Gasteiger partial charge in [0.15, 0.2) is 0 Å². The zero-order valence-electron chi connectivity index (χ0n) is 10.7. The maximum atomic E-state index is 12.0. The number of aliphatic hydroxyl groups is 1. The Balaban J connectivity index is 2.69. The number of anilines is 1. The third kappa shape index (κ3) is 3.99. The lowest BCUT2D eigenvalue weighted by Crippen LogP contribution is -2.40. The first kappa shape index (κ1) is 15.0. The van der Waals surface area contributed by atoms with Gasteiger partial charge >= 0.3 is 0 Å². The number of rotatable bonds is 5. The summed E-state index contributed by atoms with van der Waals surface area (Å²) in [6, 6.07) is 5.12. The fourth-order valence-corrected chi connectivity index (χ4v) is 2.16. The van der Waals surface area contributed by atoms with Crippen molar-refractivity contribution in [3.63, 3.8) is 0 Å². The van der Waals surface area contributed by atoms with Crippen LogP contribution in [0, 0.1) is 0 Å². The van der Waals surface area contributed by atoms with E-state index in [4.69, 9.17) is 5.73 Å². The molecule has 1 atom stereocenters. The molecule has 0 saturated heterocycles. The Morgan fingerprint density at radius 1 is 1.56 bits per heavy atom. The summed E-state index contributed by atoms with van der Waals surface area (Å²) < 4.78 is 0.581. The summed E-state index contributed by atoms with van der Waals surface area (Å²) in [7, 11) is 0. The van der Waals surface area contributed by atoms with E-state index in [9.17, 15) is 9.90 Å². The third-order valence-corrected chi connectivity index (χ3v) is 3.58. The molecule has 0 radical (unpaired) electrons. The Morgan fingerprint density at radius 2 is 2.22 bits per heavy atom. The molecular formula is C13H19BrN2O2. The Labute approximate surface area is 116 Å². The van der Waals surface area contributed by atoms with Gasteiger partial charge in [-0.15, -0.1) is 0 Å². The largest absolute Gasteiger partial charge is 0.398 e. The van der Waals surface area contributed by atoms with E-state index >= 15 is 0 Å². The van der Waals surface area contributed by atoms with Gasteiger partial charge in [0.2, 0.25) is 0 Å². The fourth-order valence-electron chi connectivity index (χ4n) is 1.72. The van der Waals surface area contributed by atoms with E-state index in [-0.39, 0.29) is 12.5 Å². The summed E-state index contributed by atoms with van der Waals surface area (Å²) >= 11 is 3.28. The molecule has 4 nitrogen and oxygen atoms in total. The number of hydrogen-bond acceptors (Lipinski definition) is 3. The lowest BCUT2D eigenvalue weighted by molar-refractivity contribution is 0.0469. The minimum atomic E-state index is -0.878. The van der Waals surface area contributed by atoms with Gasteiger partial charge in [0.25, 0.3) is 5.91 Å². The first-order valence-corrected chi connectivity index (χ1v) is 6.71. The third-order valence-electron chi connectivity index (χ3n) is 2.69. The number of hydrogen-bond donors (Lipinski definition) is 3. The minimum Gasteiger partial charge on any atom is -0.398 e. The predicted molar refractivity (Wildman–Crippen MR) is 76.4 cm³/mol. The molecule has 0 bridgehead atoms. The molecular weight excluding hydrogens is 296 g/mol. The second-order valence-electron chi connectivity index (χ2n) is 4.64. The summed E-state index contributed by atoms with van der Waals surface area (Å²) in [5, 5.41) is 12.7. The number of benzene rings is 1. The molecule has 0 heterocycles. The summed E-state index contributed by atoms with van der Waals surface area (Å²) in [4.78, 5) is 12.0. The topological polar surface area (TPSA) is 75.3 Å². The molecule has 0 spiro atoms. The normalized spacial score (nSPS) is 14.0. The zero-order chi connectivity index (χ0) is 13.8. The quantitative estimate of drug-likeness (QED) is 0.730. The summed E-state index contributed by atoms with van der Waals surface area (Å²) in [6.45, 7) is 3.93. The molecule has 1 aromatic rings. The van der Waals surface area contributed by atoms with Gasteiger partial charge in [-0.05, 0) is 41.4 Å². The number of nitrogen functional groups attached to an aromatic ring is 1. The van der Waals surface area contributed by atoms with Gasteiger partial charge in [-0.1, -0.05) is 19.4 Å². The highest BCUT2D eigenvalue weighted by molar-refractivity contribution is 9.10. The highest BCUT2D eigenvalue weighted by atomic mass is 79.9. The second kappa shape index (κ2) is 6.20. The zero-order valence-corrected chi connectivity index (χ0v) is 12.3. The molecule has 0 aliphatic rings. The van der Waals surface area contributed by atoms with Crippen molar-refractivity contribution in [2.45, 2.75) is 32.3 Å². The molecule has 1 amide bonds. The number of carbonyl (C=O) groups excluding carboxylic acids is 1. The highest BCUT2D eigenvalue weighted by Gasteiger charge is 2.21. The van der Waals surface area contributed by atoms with Crippen molar-refractivity contribution in [3.8, 4) is 0 Å². The molecule has 5 heteroatoms. The summed E-state index contributed by atoms with van der Waals surface area (Å²) in [6.07, 6.45) is 1.51. The van der Waals surface area contributed by atoms with E-state index in [1.165, 1.54) is 0 Å². The molecule has 1 rings (SSSR count). The molecule has 0 saturated carbocycles. The lowest BCUT2D eigenvalue weighted by Gasteiger charge is -2.23. The van der Waals surface area contributed by atoms with Crippen molar-refractivity contribution in [1.29, 1.82) is 0 Å². The standard InChI is InChI=1S/C13H19BrN2O2/c1-3-7-13(2,18)8-16-12(17)9-5-4-6-10(15)11(9)14/h4-6,18H,3,7-8,15H2,1-2H3,(H,16,17). The lowest BCUT2D eigenvalue weighted by atomic mass is 10.0. The van der Waals surface area contributed by atoms with Crippen LogP contribution >= 0.6 is 15.9 Å². The summed E-state index contributed by atoms with van der Waals surface area (Å²) in [5.41, 5.74) is 5.83. The number of amides is 1. The van der Waals surface area contributed by atoms with Crippen LogP contribution in [-0.4, -0.2) is 23.2 Å². The van der Waals surface area contributed by atoms with Crippen LogP contribution in [0.1, 0.15) is 37.0 Å². The van der Waals surface area contributed by atoms with Crippen LogP contribution in [0.25, 0.3) is 0 Å². The van der Waals surface area contributed by atoms with E-state index in [0.717, 1.165) is 6.42 Å². The van der Waals surface area contributed by atoms with Gasteiger partial charge in [0.05, 0.1) is 15.6 Å². The molecule has 1 unspecified atom stereocenters. The number of halogens is 1. The van der Waals surface area contributed by atoms with Crippen molar-refractivity contribution in [1.82, 2.24) is 5.32 Å². The van der Waals surface area contributed by atoms with Gasteiger partial charge in [-0.25, -0.2) is 0 Å². The van der Waals surface area contributed by atoms with Gasteiger partial charge in [-0.2, -0.15) is 0 Å². The van der Waals surface area contributed by atoms with Crippen LogP contribution in [0.15, 0.2) is 22.7 Å². The first-order valence-electron chi connectivity index (χ1n) is 5.92. The van der Waals surface area contributed by atoms with E-state index in [1.807, 2.05) is 6.92 Å². The van der Waals surface area contributed by atoms with Crippen LogP contribution in [0.4, 0.5) is 5.69 Å². The van der Waals surface area contributed by atoms with Crippen LogP contribution < -0.4 is 11.1 Å². The van der Waals surface area contributed by atoms with Gasteiger partial charge < -0.3 is 16.2 Å². The SMILES string of the molecule is CCCC(C)(O)CNC(=O)c1cccc(N)c1Br. The Hall–Kier alpha value is -1.07. The number of nitrogens with one attached hydrogen (secondary N) is 1. The fraction of sp³-hybridized carbons (Fsp3) is 0.462. The van der Waals surface area contributed by atoms with E-state index in [1.54, 1.807) is 25.1 Å². The molecule has 100 valence electrons. The van der Waals surface area contributed by atoms with E-state index < -0.39 is 5.60 Å². The van der Waals surface area contributed by atoms with Gasteiger partial charge in [0.1, 0.15) is 0 Å². The van der Waals surface area contributed by atoms with Crippen molar-refractivity contribution in [2.75, 3.05) is 12.3 Å². The van der Waals surface area contributed by atoms with Crippen LogP contribution in [0.5, 0.6) is 0 Å². The van der Waals surface area contributed by atoms with Crippen LogP contribution in [-0.2, 0) is 0 Å². The van der Waals surface area contributed by atoms with Crippen molar-refractivity contribution in [2.24, 2.45) is 0 Å². The Kier molecular flexibility index (Phi) is 5.16. The first-order chi connectivity index (χ1) is 8.37. The molecule has 18 heavy (non-hydrogen) atoms. The van der Waals surface area contributed by atoms with E-state index in [2.05, 4.69) is 21.2 Å². The number of carbonyl (C=O) groups is 1. The Morgan fingerprint density at radius 3 is 2.83 bits per heavy atom.